The second kappa shape index (κ2) is 7.15. The Kier molecular flexibility index (Phi) is 4.77. The monoisotopic (exact) mass is 307 g/mol. The first kappa shape index (κ1) is 14.7. The van der Waals surface area contributed by atoms with E-state index < -0.39 is 0 Å². The van der Waals surface area contributed by atoms with Crippen LogP contribution in [0.1, 0.15) is 17.0 Å². The molecule has 0 spiro atoms. The largest absolute Gasteiger partial charge is 0.384 e. The standard InChI is InChI=1S/C20H18ClN/c21-18-11-13-19(14-12-18)22-15-20(16-7-3-1-4-8-16)17-9-5-2-6-10-17/h1-14,20,22H,15H2. The third kappa shape index (κ3) is 3.69. The summed E-state index contributed by atoms with van der Waals surface area (Å²) in [4.78, 5) is 0. The summed E-state index contributed by atoms with van der Waals surface area (Å²) >= 11 is 5.94. The third-order valence-corrected chi connectivity index (χ3v) is 4.01. The molecule has 1 N–H and O–H groups in total. The molecule has 0 saturated carbocycles. The predicted octanol–water partition coefficient (Wildman–Crippen LogP) is 5.58. The maximum atomic E-state index is 5.94. The fourth-order valence-corrected chi connectivity index (χ4v) is 2.71. The van der Waals surface area contributed by atoms with Crippen molar-refractivity contribution in [2.45, 2.75) is 5.92 Å². The summed E-state index contributed by atoms with van der Waals surface area (Å²) in [6.45, 7) is 0.843. The maximum Gasteiger partial charge on any atom is 0.0407 e. The lowest BCUT2D eigenvalue weighted by molar-refractivity contribution is 0.853. The van der Waals surface area contributed by atoms with Crippen LogP contribution in [0, 0.1) is 0 Å². The van der Waals surface area contributed by atoms with Gasteiger partial charge in [-0.15, -0.1) is 0 Å². The van der Waals surface area contributed by atoms with Gasteiger partial charge in [0.1, 0.15) is 0 Å². The quantitative estimate of drug-likeness (QED) is 0.648. The molecule has 0 aliphatic rings. The molecule has 3 rings (SSSR count). The van der Waals surface area contributed by atoms with Gasteiger partial charge in [-0.25, -0.2) is 0 Å². The average molecular weight is 308 g/mol. The Balaban J connectivity index is 1.81. The van der Waals surface area contributed by atoms with Gasteiger partial charge in [-0.2, -0.15) is 0 Å². The Morgan fingerprint density at radius 1 is 0.682 bits per heavy atom. The Morgan fingerprint density at radius 2 is 1.18 bits per heavy atom. The number of anilines is 1. The third-order valence-electron chi connectivity index (χ3n) is 3.76. The van der Waals surface area contributed by atoms with E-state index in [2.05, 4.69) is 66.0 Å². The lowest BCUT2D eigenvalue weighted by Gasteiger charge is -2.19. The highest BCUT2D eigenvalue weighted by Crippen LogP contribution is 2.25. The smallest absolute Gasteiger partial charge is 0.0407 e. The zero-order valence-corrected chi connectivity index (χ0v) is 13.0. The second-order valence-electron chi connectivity index (χ2n) is 5.26. The van der Waals surface area contributed by atoms with Crippen LogP contribution in [0.3, 0.4) is 0 Å². The van der Waals surface area contributed by atoms with Gasteiger partial charge in [0.25, 0.3) is 0 Å². The van der Waals surface area contributed by atoms with E-state index in [1.54, 1.807) is 0 Å². The number of hydrogen-bond donors (Lipinski definition) is 1. The van der Waals surface area contributed by atoms with E-state index in [4.69, 9.17) is 11.6 Å². The van der Waals surface area contributed by atoms with Gasteiger partial charge in [-0.1, -0.05) is 72.3 Å². The van der Waals surface area contributed by atoms with Crippen LogP contribution in [0.25, 0.3) is 0 Å². The lowest BCUT2D eigenvalue weighted by atomic mass is 9.91. The van der Waals surface area contributed by atoms with Crippen molar-refractivity contribution in [2.75, 3.05) is 11.9 Å². The van der Waals surface area contributed by atoms with Crippen LogP contribution in [0.15, 0.2) is 84.9 Å². The van der Waals surface area contributed by atoms with Crippen LogP contribution < -0.4 is 5.32 Å². The minimum atomic E-state index is 0.318. The van der Waals surface area contributed by atoms with E-state index in [1.165, 1.54) is 11.1 Å². The van der Waals surface area contributed by atoms with Gasteiger partial charge in [0.15, 0.2) is 0 Å². The highest BCUT2D eigenvalue weighted by Gasteiger charge is 2.13. The zero-order chi connectivity index (χ0) is 15.2. The molecule has 0 aliphatic carbocycles. The molecule has 0 aromatic heterocycles. The first-order chi connectivity index (χ1) is 10.8. The Morgan fingerprint density at radius 3 is 1.68 bits per heavy atom. The fourth-order valence-electron chi connectivity index (χ4n) is 2.59. The molecule has 22 heavy (non-hydrogen) atoms. The SMILES string of the molecule is Clc1ccc(NCC(c2ccccc2)c2ccccc2)cc1. The summed E-state index contributed by atoms with van der Waals surface area (Å²) in [5.41, 5.74) is 3.71. The van der Waals surface area contributed by atoms with Crippen LogP contribution in [-0.2, 0) is 0 Å². The van der Waals surface area contributed by atoms with Crippen molar-refractivity contribution < 1.29 is 0 Å². The van der Waals surface area contributed by atoms with Crippen molar-refractivity contribution in [3.63, 3.8) is 0 Å². The Bertz CT molecular complexity index is 653. The van der Waals surface area contributed by atoms with E-state index in [-0.39, 0.29) is 0 Å². The molecule has 0 heterocycles. The molecule has 3 aromatic carbocycles. The average Bonchev–Trinajstić information content (AvgIpc) is 2.59. The minimum Gasteiger partial charge on any atom is -0.384 e. The summed E-state index contributed by atoms with van der Waals surface area (Å²) < 4.78 is 0. The molecule has 2 heteroatoms. The highest BCUT2D eigenvalue weighted by atomic mass is 35.5. The molecule has 1 nitrogen and oxygen atoms in total. The number of rotatable bonds is 5. The summed E-state index contributed by atoms with van der Waals surface area (Å²) in [5, 5.41) is 4.27. The molecule has 3 aromatic rings. The Labute approximate surface area is 136 Å². The molecular weight excluding hydrogens is 290 g/mol. The number of hydrogen-bond acceptors (Lipinski definition) is 1. The van der Waals surface area contributed by atoms with Crippen molar-refractivity contribution in [1.82, 2.24) is 0 Å². The Hall–Kier alpha value is -2.25. The van der Waals surface area contributed by atoms with Gasteiger partial charge < -0.3 is 5.32 Å². The van der Waals surface area contributed by atoms with Crippen molar-refractivity contribution in [2.24, 2.45) is 0 Å². The van der Waals surface area contributed by atoms with Gasteiger partial charge in [-0.05, 0) is 35.4 Å². The van der Waals surface area contributed by atoms with E-state index >= 15 is 0 Å². The normalized spacial score (nSPS) is 10.6. The van der Waals surface area contributed by atoms with Gasteiger partial charge >= 0.3 is 0 Å². The molecule has 0 saturated heterocycles. The van der Waals surface area contributed by atoms with E-state index in [1.807, 2.05) is 24.3 Å². The minimum absolute atomic E-state index is 0.318. The second-order valence-corrected chi connectivity index (χ2v) is 5.70. The van der Waals surface area contributed by atoms with Crippen molar-refractivity contribution in [3.8, 4) is 0 Å². The van der Waals surface area contributed by atoms with Gasteiger partial charge in [0.05, 0.1) is 0 Å². The molecule has 0 amide bonds. The molecule has 0 bridgehead atoms. The van der Waals surface area contributed by atoms with E-state index in [0.717, 1.165) is 17.3 Å². The first-order valence-electron chi connectivity index (χ1n) is 7.42. The van der Waals surface area contributed by atoms with Crippen LogP contribution in [0.2, 0.25) is 5.02 Å². The lowest BCUT2D eigenvalue weighted by Crippen LogP contribution is -2.14. The predicted molar refractivity (Wildman–Crippen MR) is 94.7 cm³/mol. The molecule has 0 fully saturated rings. The topological polar surface area (TPSA) is 12.0 Å². The van der Waals surface area contributed by atoms with Crippen LogP contribution in [-0.4, -0.2) is 6.54 Å². The molecule has 0 unspecified atom stereocenters. The first-order valence-corrected chi connectivity index (χ1v) is 7.80. The van der Waals surface area contributed by atoms with Gasteiger partial charge in [0.2, 0.25) is 0 Å². The summed E-state index contributed by atoms with van der Waals surface area (Å²) in [6, 6.07) is 29.0. The van der Waals surface area contributed by atoms with Crippen molar-refractivity contribution in [3.05, 3.63) is 101 Å². The number of benzene rings is 3. The number of halogens is 1. The van der Waals surface area contributed by atoms with E-state index in [0.29, 0.717) is 5.92 Å². The highest BCUT2D eigenvalue weighted by molar-refractivity contribution is 6.30. The van der Waals surface area contributed by atoms with Crippen molar-refractivity contribution in [1.29, 1.82) is 0 Å². The number of nitrogens with one attached hydrogen (secondary N) is 1. The van der Waals surface area contributed by atoms with Gasteiger partial charge in [0, 0.05) is 23.2 Å². The molecule has 110 valence electrons. The molecule has 0 radical (unpaired) electrons. The molecular formula is C20H18ClN. The summed E-state index contributed by atoms with van der Waals surface area (Å²) in [5.74, 6) is 0.318. The molecule has 0 aliphatic heterocycles. The zero-order valence-electron chi connectivity index (χ0n) is 12.2. The fraction of sp³-hybridized carbons (Fsp3) is 0.100. The summed E-state index contributed by atoms with van der Waals surface area (Å²) in [6.07, 6.45) is 0. The van der Waals surface area contributed by atoms with E-state index in [9.17, 15) is 0 Å². The van der Waals surface area contributed by atoms with Gasteiger partial charge in [-0.3, -0.25) is 0 Å². The van der Waals surface area contributed by atoms with Crippen LogP contribution in [0.4, 0.5) is 5.69 Å². The molecule has 0 atom stereocenters. The van der Waals surface area contributed by atoms with Crippen LogP contribution >= 0.6 is 11.6 Å². The van der Waals surface area contributed by atoms with Crippen LogP contribution in [0.5, 0.6) is 0 Å². The van der Waals surface area contributed by atoms with Crippen molar-refractivity contribution >= 4 is 17.3 Å². The summed E-state index contributed by atoms with van der Waals surface area (Å²) in [7, 11) is 0. The maximum absolute atomic E-state index is 5.94.